The summed E-state index contributed by atoms with van der Waals surface area (Å²) in [7, 11) is 0. The second-order valence-corrected chi connectivity index (χ2v) is 15.0. The Morgan fingerprint density at radius 1 is 0.500 bits per heavy atom. The first-order valence-electron chi connectivity index (χ1n) is 22.7. The number of carbonyl (C=O) groups excluding carboxylic acids is 3. The van der Waals surface area contributed by atoms with Gasteiger partial charge in [0.15, 0.2) is 6.10 Å². The minimum Gasteiger partial charge on any atom is -0.462 e. The maximum absolute atomic E-state index is 12.7. The lowest BCUT2D eigenvalue weighted by molar-refractivity contribution is -0.161. The number of rotatable bonds is 40. The Kier molecular flexibility index (Phi) is 40.0. The lowest BCUT2D eigenvalue weighted by atomic mass is 10.1. The van der Waals surface area contributed by atoms with Crippen LogP contribution < -0.4 is 5.32 Å². The number of hydrogen-bond donors (Lipinski definition) is 1. The Morgan fingerprint density at radius 3 is 1.33 bits per heavy atom. The third-order valence-electron chi connectivity index (χ3n) is 10.0. The quantitative estimate of drug-likeness (QED) is 0.0287. The van der Waals surface area contributed by atoms with Gasteiger partial charge in [-0.3, -0.25) is 9.59 Å². The molecular formula is C46H86N2O6. The number of hydrogen-bond acceptors (Lipinski definition) is 7. The van der Waals surface area contributed by atoms with Crippen LogP contribution >= 0.6 is 0 Å². The zero-order chi connectivity index (χ0) is 39.6. The van der Waals surface area contributed by atoms with Gasteiger partial charge in [-0.2, -0.15) is 0 Å². The highest BCUT2D eigenvalue weighted by Crippen LogP contribution is 2.13. The molecule has 54 heavy (non-hydrogen) atoms. The van der Waals surface area contributed by atoms with Crippen molar-refractivity contribution < 1.29 is 28.6 Å². The third-order valence-corrected chi connectivity index (χ3v) is 10.0. The van der Waals surface area contributed by atoms with Crippen LogP contribution in [0.1, 0.15) is 207 Å². The van der Waals surface area contributed by atoms with Gasteiger partial charge < -0.3 is 24.4 Å². The van der Waals surface area contributed by atoms with Gasteiger partial charge in [0.2, 0.25) is 0 Å². The fourth-order valence-corrected chi connectivity index (χ4v) is 6.37. The Hall–Kier alpha value is -2.35. The summed E-state index contributed by atoms with van der Waals surface area (Å²) in [6.45, 7) is 11.4. The Morgan fingerprint density at radius 2 is 0.889 bits per heavy atom. The average Bonchev–Trinajstić information content (AvgIpc) is 3.17. The molecule has 0 aliphatic heterocycles. The van der Waals surface area contributed by atoms with E-state index in [2.05, 4.69) is 62.2 Å². The molecule has 0 saturated carbocycles. The van der Waals surface area contributed by atoms with Gasteiger partial charge in [0.05, 0.1) is 0 Å². The molecular weight excluding hydrogens is 677 g/mol. The van der Waals surface area contributed by atoms with Crippen LogP contribution in [-0.2, 0) is 23.8 Å². The summed E-state index contributed by atoms with van der Waals surface area (Å²) < 4.78 is 16.5. The van der Waals surface area contributed by atoms with Crippen LogP contribution in [0.4, 0.5) is 4.79 Å². The standard InChI is InChI=1S/C46H86N2O6/c1-5-9-11-13-15-17-19-21-23-25-27-29-31-33-35-37-44(49)52-41-43(42-53-46(51)47-39-40-48(7-3)8-4)54-45(50)38-36-34-32-30-28-26-24-22-20-18-16-14-12-10-6-2/h21-24,43H,5-20,25-42H2,1-4H3,(H,47,51)/b23-21-,24-22-. The van der Waals surface area contributed by atoms with Gasteiger partial charge in [-0.1, -0.05) is 155 Å². The molecule has 0 radical (unpaired) electrons. The summed E-state index contributed by atoms with van der Waals surface area (Å²) >= 11 is 0. The monoisotopic (exact) mass is 763 g/mol. The van der Waals surface area contributed by atoms with Crippen molar-refractivity contribution in [1.29, 1.82) is 0 Å². The summed E-state index contributed by atoms with van der Waals surface area (Å²) in [4.78, 5) is 39.7. The summed E-state index contributed by atoms with van der Waals surface area (Å²) in [5.41, 5.74) is 0. The van der Waals surface area contributed by atoms with Crippen molar-refractivity contribution in [2.24, 2.45) is 0 Å². The van der Waals surface area contributed by atoms with Gasteiger partial charge >= 0.3 is 18.0 Å². The molecule has 0 aromatic heterocycles. The van der Waals surface area contributed by atoms with Crippen LogP contribution in [-0.4, -0.2) is 68.4 Å². The van der Waals surface area contributed by atoms with E-state index in [0.29, 0.717) is 19.4 Å². The first-order chi connectivity index (χ1) is 26.5. The molecule has 0 aliphatic rings. The van der Waals surface area contributed by atoms with Gasteiger partial charge in [0.25, 0.3) is 0 Å². The third kappa shape index (κ3) is 37.9. The Bertz CT molecular complexity index is 904. The predicted molar refractivity (Wildman–Crippen MR) is 227 cm³/mol. The number of nitrogens with zero attached hydrogens (tertiary/aromatic N) is 1. The number of nitrogens with one attached hydrogen (secondary N) is 1. The van der Waals surface area contributed by atoms with Crippen molar-refractivity contribution in [2.75, 3.05) is 39.4 Å². The van der Waals surface area contributed by atoms with E-state index in [1.165, 1.54) is 109 Å². The van der Waals surface area contributed by atoms with Crippen molar-refractivity contribution in [3.8, 4) is 0 Å². The summed E-state index contributed by atoms with van der Waals surface area (Å²) in [5.74, 6) is -0.661. The first-order valence-corrected chi connectivity index (χ1v) is 22.7. The number of likely N-dealkylation sites (N-methyl/N-ethyl adjacent to an activating group) is 1. The van der Waals surface area contributed by atoms with E-state index in [4.69, 9.17) is 14.2 Å². The van der Waals surface area contributed by atoms with Crippen LogP contribution in [0.3, 0.4) is 0 Å². The van der Waals surface area contributed by atoms with E-state index in [1.807, 2.05) is 0 Å². The molecule has 0 bridgehead atoms. The van der Waals surface area contributed by atoms with E-state index >= 15 is 0 Å². The van der Waals surface area contributed by atoms with Crippen LogP contribution in [0.15, 0.2) is 24.3 Å². The first kappa shape index (κ1) is 51.6. The molecule has 0 aromatic rings. The van der Waals surface area contributed by atoms with Crippen molar-refractivity contribution in [2.45, 2.75) is 214 Å². The van der Waals surface area contributed by atoms with Crippen molar-refractivity contribution >= 4 is 18.0 Å². The fourth-order valence-electron chi connectivity index (χ4n) is 6.37. The molecule has 8 heteroatoms. The number of carbonyl (C=O) groups is 3. The second kappa shape index (κ2) is 41.8. The number of unbranched alkanes of at least 4 members (excludes halogenated alkanes) is 22. The van der Waals surface area contributed by atoms with Crippen molar-refractivity contribution in [3.63, 3.8) is 0 Å². The van der Waals surface area contributed by atoms with Gasteiger partial charge in [0, 0.05) is 25.9 Å². The fraction of sp³-hybridized carbons (Fsp3) is 0.848. The largest absolute Gasteiger partial charge is 0.462 e. The average molecular weight is 763 g/mol. The smallest absolute Gasteiger partial charge is 0.407 e. The molecule has 0 heterocycles. The molecule has 0 spiro atoms. The topological polar surface area (TPSA) is 94.2 Å². The van der Waals surface area contributed by atoms with Crippen LogP contribution in [0.25, 0.3) is 0 Å². The number of amides is 1. The van der Waals surface area contributed by atoms with Crippen LogP contribution in [0, 0.1) is 0 Å². The predicted octanol–water partition coefficient (Wildman–Crippen LogP) is 12.6. The maximum atomic E-state index is 12.7. The molecule has 316 valence electrons. The lowest BCUT2D eigenvalue weighted by Gasteiger charge is -2.20. The molecule has 0 saturated heterocycles. The zero-order valence-electron chi connectivity index (χ0n) is 35.8. The van der Waals surface area contributed by atoms with Crippen LogP contribution in [0.5, 0.6) is 0 Å². The number of allylic oxidation sites excluding steroid dienone is 4. The molecule has 8 nitrogen and oxygen atoms in total. The molecule has 0 rings (SSSR count). The molecule has 1 unspecified atom stereocenters. The van der Waals surface area contributed by atoms with E-state index in [1.54, 1.807) is 0 Å². The zero-order valence-corrected chi connectivity index (χ0v) is 35.8. The lowest BCUT2D eigenvalue weighted by Crippen LogP contribution is -2.37. The van der Waals surface area contributed by atoms with E-state index in [9.17, 15) is 14.4 Å². The van der Waals surface area contributed by atoms with E-state index in [0.717, 1.165) is 77.4 Å². The maximum Gasteiger partial charge on any atom is 0.407 e. The highest BCUT2D eigenvalue weighted by atomic mass is 16.6. The van der Waals surface area contributed by atoms with Gasteiger partial charge in [-0.15, -0.1) is 0 Å². The minimum atomic E-state index is -0.827. The summed E-state index contributed by atoms with van der Waals surface area (Å²) in [5, 5.41) is 2.75. The van der Waals surface area contributed by atoms with Crippen LogP contribution in [0.2, 0.25) is 0 Å². The van der Waals surface area contributed by atoms with E-state index in [-0.39, 0.29) is 25.2 Å². The van der Waals surface area contributed by atoms with Gasteiger partial charge in [0.1, 0.15) is 13.2 Å². The van der Waals surface area contributed by atoms with Crippen molar-refractivity contribution in [1.82, 2.24) is 10.2 Å². The summed E-state index contributed by atoms with van der Waals surface area (Å²) in [6, 6.07) is 0. The van der Waals surface area contributed by atoms with Crippen molar-refractivity contribution in [3.05, 3.63) is 24.3 Å². The number of ether oxygens (including phenoxy) is 3. The SMILES string of the molecule is CCCCCCCC/C=C\CCCCCCCC(=O)OCC(COC(=O)NCCN(CC)CC)OC(=O)CCCCCCC/C=C\CCCCCCCC. The molecule has 1 atom stereocenters. The number of alkyl carbamates (subject to hydrolysis) is 1. The normalized spacial score (nSPS) is 12.2. The molecule has 1 N–H and O–H groups in total. The number of esters is 2. The summed E-state index contributed by atoms with van der Waals surface area (Å²) in [6.07, 6.45) is 39.7. The highest BCUT2D eigenvalue weighted by molar-refractivity contribution is 5.70. The Balaban J connectivity index is 4.31. The van der Waals surface area contributed by atoms with E-state index < -0.39 is 12.2 Å². The molecule has 1 amide bonds. The Labute approximate surface area is 333 Å². The molecule has 0 aromatic carbocycles. The van der Waals surface area contributed by atoms with Gasteiger partial charge in [-0.25, -0.2) is 4.79 Å². The highest BCUT2D eigenvalue weighted by Gasteiger charge is 2.19. The molecule has 0 aliphatic carbocycles. The minimum absolute atomic E-state index is 0.116. The molecule has 0 fully saturated rings. The second-order valence-electron chi connectivity index (χ2n) is 15.0. The van der Waals surface area contributed by atoms with Gasteiger partial charge in [-0.05, 0) is 77.3 Å².